The molecule has 0 radical (unpaired) electrons. The fraction of sp³-hybridized carbons (Fsp3) is 0.0625. The summed E-state index contributed by atoms with van der Waals surface area (Å²) < 4.78 is 20.3. The van der Waals surface area contributed by atoms with Gasteiger partial charge in [-0.3, -0.25) is 4.98 Å². The summed E-state index contributed by atoms with van der Waals surface area (Å²) in [4.78, 5) is 5.00. The highest BCUT2D eigenvalue weighted by Crippen LogP contribution is 2.35. The van der Waals surface area contributed by atoms with Gasteiger partial charge in [0.1, 0.15) is 5.75 Å². The molecular formula is C16H10FNOS. The van der Waals surface area contributed by atoms with Crippen molar-refractivity contribution in [3.63, 3.8) is 0 Å². The molecular weight excluding hydrogens is 273 g/mol. The van der Waals surface area contributed by atoms with Gasteiger partial charge in [-0.25, -0.2) is 4.39 Å². The SMILES string of the molecule is C#Cc1cc2nccc(Oc3ccc(C)cc3F)c2s1. The van der Waals surface area contributed by atoms with Crippen LogP contribution >= 0.6 is 11.3 Å². The molecule has 0 saturated heterocycles. The number of pyridine rings is 1. The van der Waals surface area contributed by atoms with Crippen LogP contribution in [0.1, 0.15) is 10.4 Å². The molecule has 0 bridgehead atoms. The minimum Gasteiger partial charge on any atom is -0.453 e. The van der Waals surface area contributed by atoms with Gasteiger partial charge in [-0.05, 0) is 30.7 Å². The second-order valence-electron chi connectivity index (χ2n) is 4.31. The number of ether oxygens (including phenoxy) is 1. The van der Waals surface area contributed by atoms with Gasteiger partial charge >= 0.3 is 0 Å². The van der Waals surface area contributed by atoms with Crippen LogP contribution in [0.15, 0.2) is 36.5 Å². The first-order valence-corrected chi connectivity index (χ1v) is 6.78. The molecule has 0 aliphatic rings. The Morgan fingerprint density at radius 3 is 2.85 bits per heavy atom. The maximum Gasteiger partial charge on any atom is 0.165 e. The standard InChI is InChI=1S/C16H10FNOS/c1-3-11-9-13-16(20-11)15(6-7-18-13)19-14-5-4-10(2)8-12(14)17/h1,4-9H,2H3. The van der Waals surface area contributed by atoms with Gasteiger partial charge in [0.05, 0.1) is 15.1 Å². The van der Waals surface area contributed by atoms with Crippen molar-refractivity contribution in [2.75, 3.05) is 0 Å². The molecule has 1 aromatic carbocycles. The summed E-state index contributed by atoms with van der Waals surface area (Å²) in [5, 5.41) is 0. The smallest absolute Gasteiger partial charge is 0.165 e. The van der Waals surface area contributed by atoms with Crippen molar-refractivity contribution in [2.24, 2.45) is 0 Å². The van der Waals surface area contributed by atoms with Crippen molar-refractivity contribution >= 4 is 21.6 Å². The minimum absolute atomic E-state index is 0.193. The Hall–Kier alpha value is -2.38. The van der Waals surface area contributed by atoms with Crippen molar-refractivity contribution in [3.8, 4) is 23.8 Å². The molecule has 2 aromatic heterocycles. The lowest BCUT2D eigenvalue weighted by molar-refractivity contribution is 0.446. The van der Waals surface area contributed by atoms with E-state index in [-0.39, 0.29) is 11.6 Å². The van der Waals surface area contributed by atoms with Gasteiger partial charge in [0.2, 0.25) is 0 Å². The fourth-order valence-electron chi connectivity index (χ4n) is 1.87. The van der Waals surface area contributed by atoms with Gasteiger partial charge in [-0.2, -0.15) is 0 Å². The lowest BCUT2D eigenvalue weighted by Gasteiger charge is -2.07. The molecule has 0 fully saturated rings. The van der Waals surface area contributed by atoms with E-state index in [0.29, 0.717) is 5.75 Å². The molecule has 0 unspecified atom stereocenters. The molecule has 0 aliphatic heterocycles. The van der Waals surface area contributed by atoms with E-state index in [1.807, 2.05) is 13.0 Å². The molecule has 0 amide bonds. The summed E-state index contributed by atoms with van der Waals surface area (Å²) in [5.74, 6) is 2.94. The summed E-state index contributed by atoms with van der Waals surface area (Å²) in [6.45, 7) is 1.83. The van der Waals surface area contributed by atoms with E-state index >= 15 is 0 Å². The number of rotatable bonds is 2. The van der Waals surface area contributed by atoms with E-state index < -0.39 is 0 Å². The van der Waals surface area contributed by atoms with E-state index in [0.717, 1.165) is 20.7 Å². The van der Waals surface area contributed by atoms with Crippen LogP contribution < -0.4 is 4.74 Å². The maximum atomic E-state index is 13.8. The second-order valence-corrected chi connectivity index (χ2v) is 5.37. The number of benzene rings is 1. The van der Waals surface area contributed by atoms with Crippen LogP contribution in [-0.2, 0) is 0 Å². The molecule has 4 heteroatoms. The van der Waals surface area contributed by atoms with Gasteiger partial charge in [0.25, 0.3) is 0 Å². The Labute approximate surface area is 119 Å². The first kappa shape index (κ1) is 12.6. The van der Waals surface area contributed by atoms with Crippen molar-refractivity contribution in [2.45, 2.75) is 6.92 Å². The Balaban J connectivity index is 2.06. The number of nitrogens with zero attached hydrogens (tertiary/aromatic N) is 1. The van der Waals surface area contributed by atoms with Crippen LogP contribution in [0.5, 0.6) is 11.5 Å². The highest BCUT2D eigenvalue weighted by Gasteiger charge is 2.11. The number of aryl methyl sites for hydroxylation is 1. The Kier molecular flexibility index (Phi) is 3.13. The average molecular weight is 283 g/mol. The molecule has 2 heterocycles. The lowest BCUT2D eigenvalue weighted by atomic mass is 10.2. The van der Waals surface area contributed by atoms with Gasteiger partial charge in [0, 0.05) is 12.3 Å². The highest BCUT2D eigenvalue weighted by molar-refractivity contribution is 7.19. The maximum absolute atomic E-state index is 13.8. The minimum atomic E-state index is -0.385. The van der Waals surface area contributed by atoms with Gasteiger partial charge < -0.3 is 4.74 Å². The zero-order valence-electron chi connectivity index (χ0n) is 10.7. The van der Waals surface area contributed by atoms with Gasteiger partial charge in [-0.1, -0.05) is 12.0 Å². The first-order chi connectivity index (χ1) is 9.67. The summed E-state index contributed by atoms with van der Waals surface area (Å²) in [6.07, 6.45) is 7.01. The molecule has 0 aliphatic carbocycles. The number of halogens is 1. The molecule has 0 saturated carbocycles. The van der Waals surface area contributed by atoms with Crippen LogP contribution in [0.25, 0.3) is 10.2 Å². The third-order valence-electron chi connectivity index (χ3n) is 2.83. The molecule has 3 rings (SSSR count). The molecule has 3 aromatic rings. The number of hydrogen-bond acceptors (Lipinski definition) is 3. The van der Waals surface area contributed by atoms with E-state index in [9.17, 15) is 4.39 Å². The Bertz CT molecular complexity index is 832. The predicted octanol–water partition coefficient (Wildman–Crippen LogP) is 4.52. The van der Waals surface area contributed by atoms with Gasteiger partial charge in [0.15, 0.2) is 11.6 Å². The number of hydrogen-bond donors (Lipinski definition) is 0. The third-order valence-corrected chi connectivity index (χ3v) is 3.90. The van der Waals surface area contributed by atoms with Crippen LogP contribution in [0.4, 0.5) is 4.39 Å². The highest BCUT2D eigenvalue weighted by atomic mass is 32.1. The average Bonchev–Trinajstić information content (AvgIpc) is 2.86. The number of terminal acetylenes is 1. The predicted molar refractivity (Wildman–Crippen MR) is 78.8 cm³/mol. The van der Waals surface area contributed by atoms with Crippen molar-refractivity contribution in [3.05, 3.63) is 52.8 Å². The van der Waals surface area contributed by atoms with Crippen molar-refractivity contribution < 1.29 is 9.13 Å². The zero-order chi connectivity index (χ0) is 14.1. The molecule has 2 nitrogen and oxygen atoms in total. The molecule has 98 valence electrons. The molecule has 20 heavy (non-hydrogen) atoms. The summed E-state index contributed by atoms with van der Waals surface area (Å²) in [5.41, 5.74) is 1.61. The van der Waals surface area contributed by atoms with Crippen molar-refractivity contribution in [1.82, 2.24) is 4.98 Å². The molecule has 0 atom stereocenters. The van der Waals surface area contributed by atoms with Crippen LogP contribution in [0.2, 0.25) is 0 Å². The zero-order valence-corrected chi connectivity index (χ0v) is 11.5. The van der Waals surface area contributed by atoms with Crippen LogP contribution in [0, 0.1) is 25.1 Å². The van der Waals surface area contributed by atoms with Crippen LogP contribution in [-0.4, -0.2) is 4.98 Å². The normalized spacial score (nSPS) is 10.4. The lowest BCUT2D eigenvalue weighted by Crippen LogP contribution is -1.89. The number of thiophene rings is 1. The van der Waals surface area contributed by atoms with E-state index in [2.05, 4.69) is 10.9 Å². The van der Waals surface area contributed by atoms with E-state index in [1.165, 1.54) is 17.4 Å². The summed E-state index contributed by atoms with van der Waals surface area (Å²) >= 11 is 1.41. The fourth-order valence-corrected chi connectivity index (χ4v) is 2.75. The second kappa shape index (κ2) is 4.95. The largest absolute Gasteiger partial charge is 0.453 e. The Morgan fingerprint density at radius 2 is 2.10 bits per heavy atom. The monoisotopic (exact) mass is 283 g/mol. The Morgan fingerprint density at radius 1 is 1.25 bits per heavy atom. The third kappa shape index (κ3) is 2.24. The molecule has 0 spiro atoms. The van der Waals surface area contributed by atoms with Crippen LogP contribution in [0.3, 0.4) is 0 Å². The summed E-state index contributed by atoms with van der Waals surface area (Å²) in [6, 6.07) is 8.39. The van der Waals surface area contributed by atoms with Crippen molar-refractivity contribution in [1.29, 1.82) is 0 Å². The summed E-state index contributed by atoms with van der Waals surface area (Å²) in [7, 11) is 0. The van der Waals surface area contributed by atoms with Gasteiger partial charge in [-0.15, -0.1) is 17.8 Å². The van der Waals surface area contributed by atoms with E-state index in [1.54, 1.807) is 24.4 Å². The first-order valence-electron chi connectivity index (χ1n) is 5.96. The topological polar surface area (TPSA) is 22.1 Å². The molecule has 0 N–H and O–H groups in total. The number of fused-ring (bicyclic) bond motifs is 1. The number of aromatic nitrogens is 1. The van der Waals surface area contributed by atoms with E-state index in [4.69, 9.17) is 11.2 Å². The quantitative estimate of drug-likeness (QED) is 0.645.